The van der Waals surface area contributed by atoms with Gasteiger partial charge in [0.2, 0.25) is 0 Å². The summed E-state index contributed by atoms with van der Waals surface area (Å²) >= 11 is 0. The highest BCUT2D eigenvalue weighted by molar-refractivity contribution is 7.90. The first-order valence-electron chi connectivity index (χ1n) is 10.2. The number of H-pyrrole nitrogens is 1. The third-order valence-electron chi connectivity index (χ3n) is 5.09. The number of hydrogen-bond donors (Lipinski definition) is 3. The first-order valence-corrected chi connectivity index (χ1v) is 12.1. The Kier molecular flexibility index (Phi) is 6.82. The molecule has 0 fully saturated rings. The van der Waals surface area contributed by atoms with E-state index < -0.39 is 9.84 Å². The molecular weight excluding hydrogens is 396 g/mol. The highest BCUT2D eigenvalue weighted by Crippen LogP contribution is 2.22. The summed E-state index contributed by atoms with van der Waals surface area (Å²) < 4.78 is 23.6. The van der Waals surface area contributed by atoms with Gasteiger partial charge in [0.15, 0.2) is 15.8 Å². The van der Waals surface area contributed by atoms with Crippen LogP contribution in [0, 0.1) is 13.8 Å². The van der Waals surface area contributed by atoms with Gasteiger partial charge < -0.3 is 15.6 Å². The van der Waals surface area contributed by atoms with E-state index in [1.165, 1.54) is 28.3 Å². The summed E-state index contributed by atoms with van der Waals surface area (Å²) in [5.74, 6) is 0.749. The number of nitrogens with zero attached hydrogens (tertiary/aromatic N) is 1. The fourth-order valence-corrected chi connectivity index (χ4v) is 4.66. The normalized spacial score (nSPS) is 12.3. The second kappa shape index (κ2) is 9.34. The van der Waals surface area contributed by atoms with Gasteiger partial charge in [0, 0.05) is 36.4 Å². The molecule has 0 bridgehead atoms. The van der Waals surface area contributed by atoms with Gasteiger partial charge in [-0.3, -0.25) is 0 Å². The van der Waals surface area contributed by atoms with Gasteiger partial charge in [0.05, 0.1) is 11.4 Å². The molecule has 0 spiro atoms. The molecule has 0 amide bonds. The summed E-state index contributed by atoms with van der Waals surface area (Å²) in [7, 11) is -3.21. The largest absolute Gasteiger partial charge is 0.361 e. The zero-order chi connectivity index (χ0) is 21.7. The van der Waals surface area contributed by atoms with Crippen molar-refractivity contribution in [2.45, 2.75) is 38.6 Å². The molecule has 7 heteroatoms. The lowest BCUT2D eigenvalue weighted by Crippen LogP contribution is -2.38. The van der Waals surface area contributed by atoms with E-state index in [0.29, 0.717) is 11.4 Å². The molecule has 1 aromatic heterocycles. The van der Waals surface area contributed by atoms with Crippen molar-refractivity contribution in [3.63, 3.8) is 0 Å². The second-order valence-corrected chi connectivity index (χ2v) is 9.54. The molecule has 0 atom stereocenters. The molecule has 6 nitrogen and oxygen atoms in total. The zero-order valence-corrected chi connectivity index (χ0v) is 18.9. The Balaban J connectivity index is 1.65. The van der Waals surface area contributed by atoms with E-state index in [1.807, 2.05) is 26.0 Å². The summed E-state index contributed by atoms with van der Waals surface area (Å²) in [5, 5.41) is 7.95. The van der Waals surface area contributed by atoms with Crippen LogP contribution in [0.5, 0.6) is 0 Å². The molecule has 2 aromatic carbocycles. The van der Waals surface area contributed by atoms with E-state index in [4.69, 9.17) is 0 Å². The van der Waals surface area contributed by atoms with Gasteiger partial charge >= 0.3 is 0 Å². The maximum atomic E-state index is 11.8. The summed E-state index contributed by atoms with van der Waals surface area (Å²) in [6.45, 7) is 7.99. The van der Waals surface area contributed by atoms with Crippen LogP contribution in [0.4, 0.5) is 0 Å². The molecule has 30 heavy (non-hydrogen) atoms. The summed E-state index contributed by atoms with van der Waals surface area (Å²) in [6.07, 6.45) is 4.20. The highest BCUT2D eigenvalue weighted by atomic mass is 32.2. The monoisotopic (exact) mass is 426 g/mol. The number of nitrogens with one attached hydrogen (secondary N) is 3. The summed E-state index contributed by atoms with van der Waals surface area (Å²) in [6, 6.07) is 11.7. The van der Waals surface area contributed by atoms with Crippen LogP contribution in [0.3, 0.4) is 0 Å². The second-order valence-electron chi connectivity index (χ2n) is 7.56. The number of aliphatic imine (C=N–C) groups is 1. The van der Waals surface area contributed by atoms with Gasteiger partial charge in [0.1, 0.15) is 0 Å². The minimum Gasteiger partial charge on any atom is -0.361 e. The van der Waals surface area contributed by atoms with E-state index in [9.17, 15) is 8.42 Å². The van der Waals surface area contributed by atoms with Gasteiger partial charge in [-0.15, -0.1) is 0 Å². The average Bonchev–Trinajstić information content (AvgIpc) is 3.09. The van der Waals surface area contributed by atoms with Gasteiger partial charge in [-0.25, -0.2) is 13.4 Å². The van der Waals surface area contributed by atoms with E-state index in [0.717, 1.165) is 36.6 Å². The number of aromatic nitrogens is 1. The summed E-state index contributed by atoms with van der Waals surface area (Å²) in [4.78, 5) is 8.37. The van der Waals surface area contributed by atoms with Crippen molar-refractivity contribution in [2.24, 2.45) is 4.99 Å². The molecule has 0 aliphatic heterocycles. The lowest BCUT2D eigenvalue weighted by atomic mass is 10.1. The lowest BCUT2D eigenvalue weighted by Gasteiger charge is -2.12. The van der Waals surface area contributed by atoms with Crippen LogP contribution in [-0.4, -0.2) is 38.7 Å². The first-order chi connectivity index (χ1) is 14.3. The zero-order valence-electron chi connectivity index (χ0n) is 18.0. The van der Waals surface area contributed by atoms with Gasteiger partial charge in [0.25, 0.3) is 0 Å². The van der Waals surface area contributed by atoms with Crippen LogP contribution < -0.4 is 10.6 Å². The molecule has 3 N–H and O–H groups in total. The van der Waals surface area contributed by atoms with Crippen molar-refractivity contribution in [1.29, 1.82) is 0 Å². The molecule has 3 rings (SSSR count). The number of aryl methyl sites for hydroxylation is 2. The highest BCUT2D eigenvalue weighted by Gasteiger charge is 2.11. The molecule has 0 radical (unpaired) electrons. The number of fused-ring (bicyclic) bond motifs is 1. The fourth-order valence-electron chi connectivity index (χ4n) is 3.70. The van der Waals surface area contributed by atoms with Gasteiger partial charge in [-0.1, -0.05) is 24.3 Å². The molecule has 0 unspecified atom stereocenters. The van der Waals surface area contributed by atoms with Crippen LogP contribution in [0.25, 0.3) is 10.9 Å². The minimum absolute atomic E-state index is 0.370. The number of rotatable bonds is 7. The Bertz CT molecular complexity index is 1160. The lowest BCUT2D eigenvalue weighted by molar-refractivity contribution is 0.601. The van der Waals surface area contributed by atoms with Crippen molar-refractivity contribution in [3.8, 4) is 0 Å². The Morgan fingerprint density at radius 1 is 1.10 bits per heavy atom. The van der Waals surface area contributed by atoms with Crippen LogP contribution in [0.2, 0.25) is 0 Å². The third kappa shape index (κ3) is 5.21. The van der Waals surface area contributed by atoms with Crippen molar-refractivity contribution in [1.82, 2.24) is 15.6 Å². The molecule has 0 aliphatic rings. The van der Waals surface area contributed by atoms with E-state index in [1.54, 1.807) is 6.07 Å². The number of guanidine groups is 1. The van der Waals surface area contributed by atoms with Crippen LogP contribution in [-0.2, 0) is 22.8 Å². The van der Waals surface area contributed by atoms with Crippen molar-refractivity contribution >= 4 is 26.7 Å². The molecular formula is C23H30N4O2S. The predicted molar refractivity (Wildman–Crippen MR) is 124 cm³/mol. The molecule has 3 aromatic rings. The summed E-state index contributed by atoms with van der Waals surface area (Å²) in [5.41, 5.74) is 5.45. The van der Waals surface area contributed by atoms with Crippen LogP contribution in [0.1, 0.15) is 29.2 Å². The van der Waals surface area contributed by atoms with E-state index in [2.05, 4.69) is 51.9 Å². The van der Waals surface area contributed by atoms with E-state index >= 15 is 0 Å². The number of sulfone groups is 1. The first kappa shape index (κ1) is 21.9. The number of benzene rings is 2. The fraction of sp³-hybridized carbons (Fsp3) is 0.348. The van der Waals surface area contributed by atoms with Crippen LogP contribution in [0.15, 0.2) is 52.5 Å². The Morgan fingerprint density at radius 2 is 1.90 bits per heavy atom. The SMILES string of the molecule is CCNC(=NCc1ccc(S(C)(=O)=O)c(C)c1)NCCc1c[nH]c2cccc(C)c12. The van der Waals surface area contributed by atoms with Crippen molar-refractivity contribution in [2.75, 3.05) is 19.3 Å². The minimum atomic E-state index is -3.21. The number of aromatic amines is 1. The Labute approximate surface area is 178 Å². The third-order valence-corrected chi connectivity index (χ3v) is 6.34. The predicted octanol–water partition coefficient (Wildman–Crippen LogP) is 3.49. The van der Waals surface area contributed by atoms with Gasteiger partial charge in [-0.05, 0) is 61.6 Å². The number of hydrogen-bond acceptors (Lipinski definition) is 3. The van der Waals surface area contributed by atoms with Crippen molar-refractivity contribution < 1.29 is 8.42 Å². The maximum absolute atomic E-state index is 11.8. The molecule has 0 aliphatic carbocycles. The van der Waals surface area contributed by atoms with Crippen LogP contribution >= 0.6 is 0 Å². The Hall–Kier alpha value is -2.80. The average molecular weight is 427 g/mol. The quantitative estimate of drug-likeness (QED) is 0.399. The smallest absolute Gasteiger partial charge is 0.191 e. The Morgan fingerprint density at radius 3 is 2.60 bits per heavy atom. The topological polar surface area (TPSA) is 86.3 Å². The molecule has 0 saturated heterocycles. The molecule has 1 heterocycles. The van der Waals surface area contributed by atoms with Gasteiger partial charge in [-0.2, -0.15) is 0 Å². The van der Waals surface area contributed by atoms with E-state index in [-0.39, 0.29) is 0 Å². The molecule has 0 saturated carbocycles. The standard InChI is InChI=1S/C23H30N4O2S/c1-5-24-23(27-14-18-9-10-21(17(3)13-18)30(4,28)29)25-12-11-19-15-26-20-8-6-7-16(2)22(19)20/h6-10,13,15,26H,5,11-12,14H2,1-4H3,(H2,24,25,27). The molecule has 160 valence electrons. The maximum Gasteiger partial charge on any atom is 0.191 e. The van der Waals surface area contributed by atoms with Crippen molar-refractivity contribution in [3.05, 3.63) is 64.8 Å².